The van der Waals surface area contributed by atoms with Crippen LogP contribution in [0.2, 0.25) is 0 Å². The third kappa shape index (κ3) is 1.12. The van der Waals surface area contributed by atoms with Gasteiger partial charge in [0.1, 0.15) is 0 Å². The lowest BCUT2D eigenvalue weighted by molar-refractivity contribution is 0.0697. The first-order chi connectivity index (χ1) is 6.18. The predicted molar refractivity (Wildman–Crippen MR) is 45.3 cm³/mol. The van der Waals surface area contributed by atoms with Gasteiger partial charge >= 0.3 is 5.97 Å². The molecule has 0 radical (unpaired) electrons. The van der Waals surface area contributed by atoms with Gasteiger partial charge in [0.2, 0.25) is 0 Å². The summed E-state index contributed by atoms with van der Waals surface area (Å²) in [5.74, 6) is -1.42. The summed E-state index contributed by atoms with van der Waals surface area (Å²) in [6, 6.07) is 4.37. The van der Waals surface area contributed by atoms with Gasteiger partial charge in [0.05, 0.1) is 11.1 Å². The number of amides is 1. The summed E-state index contributed by atoms with van der Waals surface area (Å²) in [5, 5.41) is 8.65. The number of rotatable bonds is 1. The van der Waals surface area contributed by atoms with E-state index in [1.807, 2.05) is 0 Å². The lowest BCUT2D eigenvalue weighted by Gasteiger charge is -1.97. The first-order valence-corrected chi connectivity index (χ1v) is 3.64. The van der Waals surface area contributed by atoms with E-state index in [1.165, 1.54) is 18.3 Å². The normalized spacial score (nSPS) is 13.1. The number of aromatic carboxylic acids is 1. The number of hydrogen-bond donors (Lipinski definition) is 1. The minimum absolute atomic E-state index is 0.109. The molecule has 0 atom stereocenters. The van der Waals surface area contributed by atoms with E-state index >= 15 is 0 Å². The molecule has 1 aliphatic rings. The molecule has 13 heavy (non-hydrogen) atoms. The van der Waals surface area contributed by atoms with Crippen molar-refractivity contribution in [3.8, 4) is 0 Å². The molecule has 4 nitrogen and oxygen atoms in total. The van der Waals surface area contributed by atoms with E-state index in [-0.39, 0.29) is 11.5 Å². The lowest BCUT2D eigenvalue weighted by atomic mass is 10.1. The number of carboxylic acid groups (broad SMARTS) is 1. The fraction of sp³-hybridized carbons (Fsp3) is 0. The van der Waals surface area contributed by atoms with Crippen LogP contribution in [0.15, 0.2) is 23.2 Å². The summed E-state index contributed by atoms with van der Waals surface area (Å²) in [4.78, 5) is 25.2. The Morgan fingerprint density at radius 1 is 1.38 bits per heavy atom. The Balaban J connectivity index is 2.57. The molecule has 64 valence electrons. The van der Waals surface area contributed by atoms with Gasteiger partial charge in [0.15, 0.2) is 0 Å². The zero-order valence-corrected chi connectivity index (χ0v) is 6.52. The number of aliphatic imine (C=N–C) groups is 1. The number of carbonyl (C=O) groups is 2. The maximum atomic E-state index is 11.0. The Bertz CT molecular complexity index is 434. The second kappa shape index (κ2) is 2.52. The highest BCUT2D eigenvalue weighted by Gasteiger charge is 2.16. The van der Waals surface area contributed by atoms with Crippen LogP contribution in [-0.2, 0) is 0 Å². The number of carbonyl (C=O) groups excluding carboxylic acids is 1. The molecule has 1 aromatic rings. The van der Waals surface area contributed by atoms with Gasteiger partial charge in [0.25, 0.3) is 5.91 Å². The topological polar surface area (TPSA) is 66.7 Å². The van der Waals surface area contributed by atoms with Gasteiger partial charge in [-0.15, -0.1) is 0 Å². The summed E-state index contributed by atoms with van der Waals surface area (Å²) < 4.78 is 0. The van der Waals surface area contributed by atoms with Crippen molar-refractivity contribution < 1.29 is 14.7 Å². The summed E-state index contributed by atoms with van der Waals surface area (Å²) in [7, 11) is 0. The smallest absolute Gasteiger partial charge is 0.335 e. The van der Waals surface area contributed by atoms with Crippen LogP contribution in [0.25, 0.3) is 0 Å². The highest BCUT2D eigenvalue weighted by molar-refractivity contribution is 6.13. The average molecular weight is 175 g/mol. The predicted octanol–water partition coefficient (Wildman–Crippen LogP) is 0.958. The lowest BCUT2D eigenvalue weighted by Crippen LogP contribution is -2.00. The minimum Gasteiger partial charge on any atom is -0.478 e. The molecule has 2 rings (SSSR count). The molecular formula is C9H5NO3. The Labute approximate surface area is 73.5 Å². The molecule has 0 aliphatic carbocycles. The van der Waals surface area contributed by atoms with Crippen molar-refractivity contribution in [2.24, 2.45) is 4.99 Å². The molecule has 0 saturated heterocycles. The zero-order chi connectivity index (χ0) is 9.42. The molecule has 4 heteroatoms. The second-order valence-corrected chi connectivity index (χ2v) is 2.67. The molecule has 1 aromatic carbocycles. The van der Waals surface area contributed by atoms with E-state index in [2.05, 4.69) is 4.99 Å². The van der Waals surface area contributed by atoms with Crippen LogP contribution in [0.4, 0.5) is 0 Å². The number of nitrogens with zero attached hydrogens (tertiary/aromatic N) is 1. The number of carboxylic acids is 1. The molecule has 1 aliphatic heterocycles. The summed E-state index contributed by atoms with van der Waals surface area (Å²) in [5.41, 5.74) is 1.15. The number of fused-ring (bicyclic) bond motifs is 1. The van der Waals surface area contributed by atoms with Gasteiger partial charge in [-0.2, -0.15) is 0 Å². The Kier molecular flexibility index (Phi) is 1.48. The van der Waals surface area contributed by atoms with E-state index in [1.54, 1.807) is 6.07 Å². The Hall–Kier alpha value is -1.97. The van der Waals surface area contributed by atoms with Gasteiger partial charge in [-0.3, -0.25) is 4.79 Å². The summed E-state index contributed by atoms with van der Waals surface area (Å²) in [6.45, 7) is 0. The van der Waals surface area contributed by atoms with Crippen LogP contribution >= 0.6 is 0 Å². The molecule has 1 amide bonds. The first-order valence-electron chi connectivity index (χ1n) is 3.64. The third-order valence-electron chi connectivity index (χ3n) is 1.85. The molecule has 0 bridgehead atoms. The fourth-order valence-corrected chi connectivity index (χ4v) is 1.18. The van der Waals surface area contributed by atoms with Crippen molar-refractivity contribution in [2.45, 2.75) is 0 Å². The SMILES string of the molecule is O=C(O)c1ccc2c(c1)C(=O)N=C2. The van der Waals surface area contributed by atoms with Crippen LogP contribution in [0.1, 0.15) is 26.3 Å². The van der Waals surface area contributed by atoms with Crippen molar-refractivity contribution >= 4 is 18.1 Å². The van der Waals surface area contributed by atoms with Crippen molar-refractivity contribution in [3.05, 3.63) is 34.9 Å². The third-order valence-corrected chi connectivity index (χ3v) is 1.85. The maximum Gasteiger partial charge on any atom is 0.335 e. The first kappa shape index (κ1) is 7.67. The van der Waals surface area contributed by atoms with Gasteiger partial charge in [0, 0.05) is 11.8 Å². The molecule has 0 unspecified atom stereocenters. The summed E-state index contributed by atoms with van der Waals surface area (Å²) in [6.07, 6.45) is 1.43. The van der Waals surface area contributed by atoms with Gasteiger partial charge < -0.3 is 5.11 Å². The van der Waals surface area contributed by atoms with Gasteiger partial charge in [-0.05, 0) is 12.1 Å². The van der Waals surface area contributed by atoms with Crippen LogP contribution < -0.4 is 0 Å². The maximum absolute atomic E-state index is 11.0. The summed E-state index contributed by atoms with van der Waals surface area (Å²) >= 11 is 0. The quantitative estimate of drug-likeness (QED) is 0.691. The standard InChI is InChI=1S/C9H5NO3/c11-8-7-3-5(9(12)13)1-2-6(7)4-10-8/h1-4H,(H,12,13). The molecule has 0 fully saturated rings. The van der Waals surface area contributed by atoms with E-state index < -0.39 is 5.97 Å². The van der Waals surface area contributed by atoms with Crippen molar-refractivity contribution in [3.63, 3.8) is 0 Å². The average Bonchev–Trinajstić information content (AvgIpc) is 2.47. The van der Waals surface area contributed by atoms with E-state index in [0.717, 1.165) is 0 Å². The zero-order valence-electron chi connectivity index (χ0n) is 6.52. The Morgan fingerprint density at radius 2 is 2.15 bits per heavy atom. The minimum atomic E-state index is -1.04. The highest BCUT2D eigenvalue weighted by Crippen LogP contribution is 2.16. The number of benzene rings is 1. The van der Waals surface area contributed by atoms with Gasteiger partial charge in [-0.25, -0.2) is 9.79 Å². The van der Waals surface area contributed by atoms with E-state index in [4.69, 9.17) is 5.11 Å². The van der Waals surface area contributed by atoms with Crippen LogP contribution in [-0.4, -0.2) is 23.2 Å². The van der Waals surface area contributed by atoms with E-state index in [0.29, 0.717) is 11.1 Å². The van der Waals surface area contributed by atoms with Crippen LogP contribution in [0.3, 0.4) is 0 Å². The van der Waals surface area contributed by atoms with Crippen molar-refractivity contribution in [1.82, 2.24) is 0 Å². The molecular weight excluding hydrogens is 170 g/mol. The van der Waals surface area contributed by atoms with Crippen LogP contribution in [0.5, 0.6) is 0 Å². The molecule has 0 saturated carbocycles. The molecule has 0 aromatic heterocycles. The van der Waals surface area contributed by atoms with Crippen LogP contribution in [0, 0.1) is 0 Å². The Morgan fingerprint density at radius 3 is 2.85 bits per heavy atom. The van der Waals surface area contributed by atoms with Crippen molar-refractivity contribution in [2.75, 3.05) is 0 Å². The molecule has 1 N–H and O–H groups in total. The van der Waals surface area contributed by atoms with E-state index in [9.17, 15) is 9.59 Å². The number of hydrogen-bond acceptors (Lipinski definition) is 2. The molecule has 1 heterocycles. The van der Waals surface area contributed by atoms with Gasteiger partial charge in [-0.1, -0.05) is 6.07 Å². The second-order valence-electron chi connectivity index (χ2n) is 2.67. The highest BCUT2D eigenvalue weighted by atomic mass is 16.4. The monoisotopic (exact) mass is 175 g/mol. The van der Waals surface area contributed by atoms with Crippen molar-refractivity contribution in [1.29, 1.82) is 0 Å². The largest absolute Gasteiger partial charge is 0.478 e. The molecule has 0 spiro atoms. The fourth-order valence-electron chi connectivity index (χ4n) is 1.18.